The van der Waals surface area contributed by atoms with Crippen LogP contribution >= 0.6 is 0 Å². The summed E-state index contributed by atoms with van der Waals surface area (Å²) in [6.07, 6.45) is 22.6. The zero-order chi connectivity index (χ0) is 48.1. The van der Waals surface area contributed by atoms with Crippen LogP contribution in [0.15, 0.2) is 93.8 Å². The van der Waals surface area contributed by atoms with E-state index in [1.165, 1.54) is 78.0 Å². The van der Waals surface area contributed by atoms with Gasteiger partial charge in [0.2, 0.25) is 0 Å². The standard InChI is InChI=1S/C34H52N2O8.2C7H10N2.CH4O.Fe/c1-7-9-11-13-15-17-19-43-31-21-29(35-23-27(25(3)37)33(39)41-5)30(36-24-28(26(4)38)34(40)42-6)22-32(31)44-20-18-16-14-12-10-8-2;2*1-9(2)7-3-5-8-6-4-7;1-2;/h21-24,37-38H,7-20H2,1-6H3;2*3-6H,1-2H3;2H,1H3;/q;;;;+2/p-2/b27-25+,28-26+,35-23?,36-24?;;;;. The Morgan fingerprint density at radius 3 is 1.17 bits per heavy atom. The second-order valence-corrected chi connectivity index (χ2v) is 14.7. The Kier molecular flexibility index (Phi) is 37.0. The molecule has 0 amide bonds. The Morgan fingerprint density at radius 2 is 0.908 bits per heavy atom. The summed E-state index contributed by atoms with van der Waals surface area (Å²) in [6.45, 7) is 7.75. The molecule has 2 aromatic heterocycles. The van der Waals surface area contributed by atoms with E-state index >= 15 is 0 Å². The molecular formula is C49H74FeN6O9. The molecule has 0 bridgehead atoms. The monoisotopic (exact) mass is 946 g/mol. The number of allylic oxidation sites excluding steroid dienone is 2. The minimum atomic E-state index is -0.831. The molecule has 0 spiro atoms. The predicted octanol–water partition coefficient (Wildman–Crippen LogP) is 8.09. The normalized spacial score (nSPS) is 11.2. The van der Waals surface area contributed by atoms with Crippen LogP contribution in [0.5, 0.6) is 11.5 Å². The number of carbonyl (C=O) groups is 2. The first-order valence-corrected chi connectivity index (χ1v) is 21.8. The molecule has 0 unspecified atom stereocenters. The summed E-state index contributed by atoms with van der Waals surface area (Å²) in [5, 5.41) is 31.1. The average Bonchev–Trinajstić information content (AvgIpc) is 3.30. The van der Waals surface area contributed by atoms with Crippen LogP contribution in [0.4, 0.5) is 22.7 Å². The molecule has 1 aromatic carbocycles. The maximum atomic E-state index is 12.1. The van der Waals surface area contributed by atoms with Crippen LogP contribution in [0.25, 0.3) is 0 Å². The van der Waals surface area contributed by atoms with Gasteiger partial charge in [0, 0.05) is 96.0 Å². The van der Waals surface area contributed by atoms with Crippen LogP contribution in [-0.4, -0.2) is 102 Å². The average molecular weight is 947 g/mol. The zero-order valence-electron chi connectivity index (χ0n) is 40.6. The third kappa shape index (κ3) is 27.5. The van der Waals surface area contributed by atoms with Crippen LogP contribution in [-0.2, 0) is 36.1 Å². The fourth-order valence-corrected chi connectivity index (χ4v) is 5.45. The number of aromatic nitrogens is 2. The van der Waals surface area contributed by atoms with Gasteiger partial charge in [0.15, 0.2) is 11.5 Å². The fourth-order valence-electron chi connectivity index (χ4n) is 5.45. The molecule has 0 aliphatic heterocycles. The number of rotatable bonds is 24. The number of aliphatic hydroxyl groups is 1. The Bertz CT molecular complexity index is 1700. The van der Waals surface area contributed by atoms with Crippen LogP contribution < -0.4 is 29.5 Å². The van der Waals surface area contributed by atoms with Gasteiger partial charge in [-0.15, -0.1) is 11.5 Å². The molecule has 65 heavy (non-hydrogen) atoms. The van der Waals surface area contributed by atoms with E-state index in [0.717, 1.165) is 58.1 Å². The minimum absolute atomic E-state index is 0. The molecule has 1 N–H and O–H groups in total. The topological polar surface area (TPSA) is 194 Å². The van der Waals surface area contributed by atoms with Crippen LogP contribution in [0.1, 0.15) is 105 Å². The van der Waals surface area contributed by atoms with Gasteiger partial charge in [-0.3, -0.25) is 20.0 Å². The van der Waals surface area contributed by atoms with E-state index in [4.69, 9.17) is 24.1 Å². The van der Waals surface area contributed by atoms with Gasteiger partial charge in [-0.2, -0.15) is 0 Å². The molecule has 0 radical (unpaired) electrons. The SMILES string of the molecule is CCCCCCCCOc1cc(N=C/C(C(=O)OC)=C(/C)[O-])c(N=C/C(C(=O)OC)=C(/C)[O-])cc1OCCCCCCCC.CN(C)c1ccncc1.CN(C)c1ccncc1.CO.[Fe+2]. The summed E-state index contributed by atoms with van der Waals surface area (Å²) >= 11 is 0. The molecule has 0 aliphatic carbocycles. The van der Waals surface area contributed by atoms with Crippen LogP contribution in [0.2, 0.25) is 0 Å². The summed E-state index contributed by atoms with van der Waals surface area (Å²) < 4.78 is 21.7. The van der Waals surface area contributed by atoms with E-state index in [9.17, 15) is 19.8 Å². The van der Waals surface area contributed by atoms with Gasteiger partial charge in [0.1, 0.15) is 0 Å². The fraction of sp³-hybridized carbons (Fsp3) is 0.510. The third-order valence-electron chi connectivity index (χ3n) is 9.14. The molecule has 3 rings (SSSR count). The van der Waals surface area contributed by atoms with Gasteiger partial charge < -0.3 is 44.1 Å². The number of ether oxygens (including phenoxy) is 4. The number of nitrogens with zero attached hydrogens (tertiary/aromatic N) is 6. The second kappa shape index (κ2) is 39.0. The number of methoxy groups -OCH3 is 2. The number of carbonyl (C=O) groups excluding carboxylic acids is 2. The summed E-state index contributed by atoms with van der Waals surface area (Å²) in [5.41, 5.74) is 2.30. The van der Waals surface area contributed by atoms with E-state index < -0.39 is 23.5 Å². The Hall–Kier alpha value is -5.44. The summed E-state index contributed by atoms with van der Waals surface area (Å²) in [6, 6.07) is 11.1. The number of pyridine rings is 2. The number of benzene rings is 1. The molecule has 0 aliphatic rings. The van der Waals surface area contributed by atoms with Crippen molar-refractivity contribution in [3.05, 3.63) is 83.9 Å². The third-order valence-corrected chi connectivity index (χ3v) is 9.14. The van der Waals surface area contributed by atoms with Gasteiger partial charge >= 0.3 is 29.0 Å². The van der Waals surface area contributed by atoms with Crippen molar-refractivity contribution in [2.24, 2.45) is 9.98 Å². The van der Waals surface area contributed by atoms with Gasteiger partial charge in [-0.25, -0.2) is 9.59 Å². The number of unbranched alkanes of at least 4 members (excludes halogenated alkanes) is 10. The van der Waals surface area contributed by atoms with Gasteiger partial charge in [0.25, 0.3) is 0 Å². The molecule has 0 saturated heterocycles. The number of hydrogen-bond acceptors (Lipinski definition) is 15. The quantitative estimate of drug-likeness (QED) is 0.0226. The van der Waals surface area contributed by atoms with E-state index in [1.54, 1.807) is 36.9 Å². The number of aliphatic hydroxyl groups excluding tert-OH is 1. The molecule has 0 saturated carbocycles. The van der Waals surface area contributed by atoms with Crippen LogP contribution in [0, 0.1) is 0 Å². The minimum Gasteiger partial charge on any atom is -0.875 e. The summed E-state index contributed by atoms with van der Waals surface area (Å²) in [5.74, 6) is -1.85. The first kappa shape index (κ1) is 61.6. The van der Waals surface area contributed by atoms with E-state index in [2.05, 4.69) is 33.8 Å². The zero-order valence-corrected chi connectivity index (χ0v) is 41.7. The number of esters is 2. The Morgan fingerprint density at radius 1 is 0.600 bits per heavy atom. The summed E-state index contributed by atoms with van der Waals surface area (Å²) in [7, 11) is 11.4. The maximum absolute atomic E-state index is 12.1. The van der Waals surface area contributed by atoms with Gasteiger partial charge in [0.05, 0.1) is 50.0 Å². The summed E-state index contributed by atoms with van der Waals surface area (Å²) in [4.78, 5) is 44.9. The second-order valence-electron chi connectivity index (χ2n) is 14.7. The molecule has 15 nitrogen and oxygen atoms in total. The van der Waals surface area contributed by atoms with Crippen molar-refractivity contribution in [1.82, 2.24) is 9.97 Å². The van der Waals surface area contributed by atoms with Crippen molar-refractivity contribution >= 4 is 47.1 Å². The predicted molar refractivity (Wildman–Crippen MR) is 255 cm³/mol. The van der Waals surface area contributed by atoms with Crippen molar-refractivity contribution in [2.75, 3.05) is 72.5 Å². The van der Waals surface area contributed by atoms with Gasteiger partial charge in [-0.05, 0) is 37.1 Å². The Labute approximate surface area is 399 Å². The van der Waals surface area contributed by atoms with Crippen molar-refractivity contribution in [1.29, 1.82) is 0 Å². The molecule has 362 valence electrons. The van der Waals surface area contributed by atoms with Crippen molar-refractivity contribution in [3.63, 3.8) is 0 Å². The number of hydrogen-bond donors (Lipinski definition) is 1. The number of aliphatic imine (C=N–C) groups is 2. The molecule has 2 heterocycles. The van der Waals surface area contributed by atoms with E-state index in [0.29, 0.717) is 24.7 Å². The smallest absolute Gasteiger partial charge is 0.875 e. The van der Waals surface area contributed by atoms with E-state index in [1.807, 2.05) is 62.3 Å². The molecule has 0 fully saturated rings. The van der Waals surface area contributed by atoms with Crippen molar-refractivity contribution < 1.29 is 60.9 Å². The first-order valence-electron chi connectivity index (χ1n) is 21.8. The number of anilines is 2. The first-order chi connectivity index (χ1) is 30.8. The van der Waals surface area contributed by atoms with Crippen molar-refractivity contribution in [2.45, 2.75) is 105 Å². The van der Waals surface area contributed by atoms with Gasteiger partial charge in [-0.1, -0.05) is 91.9 Å². The van der Waals surface area contributed by atoms with E-state index in [-0.39, 0.29) is 39.6 Å². The van der Waals surface area contributed by atoms with Crippen molar-refractivity contribution in [3.8, 4) is 11.5 Å². The molecule has 16 heteroatoms. The molecule has 0 atom stereocenters. The molecule has 3 aromatic rings. The maximum Gasteiger partial charge on any atom is 2.00 e. The molecular weight excluding hydrogens is 872 g/mol. The largest absolute Gasteiger partial charge is 2.00 e. The van der Waals surface area contributed by atoms with Crippen LogP contribution in [0.3, 0.4) is 0 Å². The Balaban J connectivity index is 0.